The number of benzene rings is 2. The normalized spacial score (nSPS) is 13.9. The Labute approximate surface area is 187 Å². The molecule has 0 radical (unpaired) electrons. The minimum absolute atomic E-state index is 0.0993. The summed E-state index contributed by atoms with van der Waals surface area (Å²) in [5, 5.41) is 5.72. The van der Waals surface area contributed by atoms with Crippen LogP contribution in [0.1, 0.15) is 28.9 Å². The molecule has 0 saturated carbocycles. The van der Waals surface area contributed by atoms with E-state index in [0.717, 1.165) is 24.2 Å². The van der Waals surface area contributed by atoms with Gasteiger partial charge in [0.1, 0.15) is 17.5 Å². The lowest BCUT2D eigenvalue weighted by Gasteiger charge is -2.32. The largest absolute Gasteiger partial charge is 0.490 e. The van der Waals surface area contributed by atoms with Crippen LogP contribution in [0.2, 0.25) is 0 Å². The second-order valence-corrected chi connectivity index (χ2v) is 7.65. The van der Waals surface area contributed by atoms with Crippen LogP contribution in [0.25, 0.3) is 0 Å². The molecule has 0 unspecified atom stereocenters. The number of carbonyl (C=O) groups is 2. The zero-order valence-electron chi connectivity index (χ0n) is 17.7. The summed E-state index contributed by atoms with van der Waals surface area (Å²) in [7, 11) is 0. The fourth-order valence-electron chi connectivity index (χ4n) is 3.57. The molecular weight excluding hydrogens is 404 g/mol. The van der Waals surface area contributed by atoms with E-state index in [2.05, 4.69) is 15.6 Å². The predicted molar refractivity (Wildman–Crippen MR) is 123 cm³/mol. The quantitative estimate of drug-likeness (QED) is 0.617. The summed E-state index contributed by atoms with van der Waals surface area (Å²) in [4.78, 5) is 31.0. The van der Waals surface area contributed by atoms with E-state index in [-0.39, 0.29) is 23.7 Å². The van der Waals surface area contributed by atoms with E-state index in [1.165, 1.54) is 6.20 Å². The van der Waals surface area contributed by atoms with Crippen molar-refractivity contribution in [3.8, 4) is 5.75 Å². The lowest BCUT2D eigenvalue weighted by atomic mass is 10.1. The number of carbonyl (C=O) groups excluding carboxylic acids is 2. The maximum atomic E-state index is 12.7. The molecule has 1 fully saturated rings. The van der Waals surface area contributed by atoms with Gasteiger partial charge in [-0.25, -0.2) is 4.79 Å². The Morgan fingerprint density at radius 2 is 1.66 bits per heavy atom. The number of para-hydroxylation sites is 1. The molecule has 2 heterocycles. The number of pyridine rings is 1. The van der Waals surface area contributed by atoms with Crippen LogP contribution >= 0.6 is 0 Å². The van der Waals surface area contributed by atoms with Crippen molar-refractivity contribution in [2.45, 2.75) is 25.5 Å². The van der Waals surface area contributed by atoms with Crippen molar-refractivity contribution < 1.29 is 14.3 Å². The Hall–Kier alpha value is -3.87. The van der Waals surface area contributed by atoms with Crippen LogP contribution in [0, 0.1) is 0 Å². The lowest BCUT2D eigenvalue weighted by Crippen LogP contribution is -2.43. The molecule has 32 heavy (non-hydrogen) atoms. The highest BCUT2D eigenvalue weighted by Gasteiger charge is 2.24. The number of urea groups is 1. The first-order valence-electron chi connectivity index (χ1n) is 10.7. The minimum Gasteiger partial charge on any atom is -0.490 e. The zero-order chi connectivity index (χ0) is 22.2. The van der Waals surface area contributed by atoms with Gasteiger partial charge in [-0.05, 0) is 29.8 Å². The van der Waals surface area contributed by atoms with Crippen LogP contribution in [0.15, 0.2) is 79.0 Å². The number of aromatic nitrogens is 1. The van der Waals surface area contributed by atoms with Gasteiger partial charge in [-0.2, -0.15) is 0 Å². The molecular formula is C25H26N4O3. The van der Waals surface area contributed by atoms with Crippen LogP contribution < -0.4 is 15.4 Å². The second kappa shape index (κ2) is 10.4. The molecule has 4 rings (SSSR count). The van der Waals surface area contributed by atoms with Gasteiger partial charge in [-0.1, -0.05) is 48.5 Å². The van der Waals surface area contributed by atoms with Crippen LogP contribution in [0.5, 0.6) is 5.75 Å². The first kappa shape index (κ1) is 21.4. The van der Waals surface area contributed by atoms with E-state index < -0.39 is 0 Å². The van der Waals surface area contributed by atoms with E-state index in [1.807, 2.05) is 60.7 Å². The Kier molecular flexibility index (Phi) is 6.97. The lowest BCUT2D eigenvalue weighted by molar-refractivity contribution is 0.0945. The summed E-state index contributed by atoms with van der Waals surface area (Å²) in [5.74, 6) is 0.564. The van der Waals surface area contributed by atoms with E-state index in [4.69, 9.17) is 4.74 Å². The van der Waals surface area contributed by atoms with Crippen molar-refractivity contribution in [1.82, 2.24) is 15.2 Å². The summed E-state index contributed by atoms with van der Waals surface area (Å²) in [6.45, 7) is 1.63. The van der Waals surface area contributed by atoms with Gasteiger partial charge < -0.3 is 20.3 Å². The van der Waals surface area contributed by atoms with Crippen molar-refractivity contribution in [2.24, 2.45) is 0 Å². The van der Waals surface area contributed by atoms with Crippen molar-refractivity contribution >= 4 is 17.6 Å². The number of nitrogens with zero attached hydrogens (tertiary/aromatic N) is 2. The Morgan fingerprint density at radius 1 is 0.969 bits per heavy atom. The Balaban J connectivity index is 1.27. The predicted octanol–water partition coefficient (Wildman–Crippen LogP) is 4.09. The molecule has 0 atom stereocenters. The molecule has 0 spiro atoms. The number of amides is 3. The molecule has 1 saturated heterocycles. The van der Waals surface area contributed by atoms with Crippen LogP contribution in [0.4, 0.5) is 10.5 Å². The molecule has 2 aromatic carbocycles. The third kappa shape index (κ3) is 5.85. The maximum absolute atomic E-state index is 12.7. The summed E-state index contributed by atoms with van der Waals surface area (Å²) in [6.07, 6.45) is 3.16. The van der Waals surface area contributed by atoms with Crippen molar-refractivity contribution in [3.63, 3.8) is 0 Å². The van der Waals surface area contributed by atoms with Gasteiger partial charge >= 0.3 is 6.03 Å². The number of nitrogens with one attached hydrogen (secondary N) is 2. The minimum atomic E-state index is -0.288. The highest BCUT2D eigenvalue weighted by molar-refractivity contribution is 5.95. The fraction of sp³-hybridized carbons (Fsp3) is 0.240. The van der Waals surface area contributed by atoms with Crippen LogP contribution in [-0.4, -0.2) is 41.0 Å². The number of rotatable bonds is 6. The number of hydrogen-bond donors (Lipinski definition) is 2. The summed E-state index contributed by atoms with van der Waals surface area (Å²) in [6, 6.07) is 22.5. The first-order valence-corrected chi connectivity index (χ1v) is 10.7. The first-order chi connectivity index (χ1) is 15.7. The average molecular weight is 431 g/mol. The molecule has 7 nitrogen and oxygen atoms in total. The number of likely N-dealkylation sites (tertiary alicyclic amines) is 1. The monoisotopic (exact) mass is 430 g/mol. The molecule has 3 amide bonds. The summed E-state index contributed by atoms with van der Waals surface area (Å²) < 4.78 is 5.99. The van der Waals surface area contributed by atoms with Gasteiger partial charge in [0.05, 0.1) is 0 Å². The topological polar surface area (TPSA) is 83.6 Å². The number of anilines is 1. The molecule has 0 bridgehead atoms. The molecule has 164 valence electrons. The second-order valence-electron chi connectivity index (χ2n) is 7.65. The number of hydrogen-bond acceptors (Lipinski definition) is 4. The Bertz CT molecular complexity index is 1040. The molecule has 3 aromatic rings. The van der Waals surface area contributed by atoms with Crippen molar-refractivity contribution in [1.29, 1.82) is 0 Å². The van der Waals surface area contributed by atoms with Gasteiger partial charge in [0, 0.05) is 44.4 Å². The van der Waals surface area contributed by atoms with Gasteiger partial charge in [-0.3, -0.25) is 9.78 Å². The Morgan fingerprint density at radius 3 is 2.38 bits per heavy atom. The van der Waals surface area contributed by atoms with Gasteiger partial charge in [0.2, 0.25) is 0 Å². The molecule has 1 aliphatic heterocycles. The van der Waals surface area contributed by atoms with E-state index >= 15 is 0 Å². The molecule has 2 N–H and O–H groups in total. The highest BCUT2D eigenvalue weighted by Crippen LogP contribution is 2.19. The van der Waals surface area contributed by atoms with Crippen LogP contribution in [0.3, 0.4) is 0 Å². The number of piperidine rings is 1. The summed E-state index contributed by atoms with van der Waals surface area (Å²) >= 11 is 0. The standard InChI is InChI=1S/C25H26N4O3/c30-24(27-18-19-7-3-1-4-8-19)23-17-20(11-14-26-23)28-25(31)29-15-12-22(13-16-29)32-21-9-5-2-6-10-21/h1-11,14,17,22H,12-13,15-16,18H2,(H,27,30)(H,26,28,31). The highest BCUT2D eigenvalue weighted by atomic mass is 16.5. The van der Waals surface area contributed by atoms with E-state index in [9.17, 15) is 9.59 Å². The maximum Gasteiger partial charge on any atom is 0.321 e. The zero-order valence-corrected chi connectivity index (χ0v) is 17.7. The number of ether oxygens (including phenoxy) is 1. The van der Waals surface area contributed by atoms with Gasteiger partial charge in [0.15, 0.2) is 0 Å². The molecule has 1 aromatic heterocycles. The van der Waals surface area contributed by atoms with Crippen molar-refractivity contribution in [2.75, 3.05) is 18.4 Å². The fourth-order valence-corrected chi connectivity index (χ4v) is 3.57. The average Bonchev–Trinajstić information content (AvgIpc) is 2.84. The molecule has 7 heteroatoms. The van der Waals surface area contributed by atoms with Gasteiger partial charge in [0.25, 0.3) is 5.91 Å². The van der Waals surface area contributed by atoms with E-state index in [0.29, 0.717) is 25.3 Å². The van der Waals surface area contributed by atoms with E-state index in [1.54, 1.807) is 17.0 Å². The van der Waals surface area contributed by atoms with Crippen LogP contribution in [-0.2, 0) is 6.54 Å². The summed E-state index contributed by atoms with van der Waals surface area (Å²) in [5.41, 5.74) is 1.80. The SMILES string of the molecule is O=C(NCc1ccccc1)c1cc(NC(=O)N2CCC(Oc3ccccc3)CC2)ccn1. The molecule has 0 aliphatic carbocycles. The third-order valence-corrected chi connectivity index (χ3v) is 5.31. The van der Waals surface area contributed by atoms with Crippen molar-refractivity contribution in [3.05, 3.63) is 90.3 Å². The smallest absolute Gasteiger partial charge is 0.321 e. The molecule has 1 aliphatic rings. The third-order valence-electron chi connectivity index (χ3n) is 5.31. The van der Waals surface area contributed by atoms with Gasteiger partial charge in [-0.15, -0.1) is 0 Å².